The van der Waals surface area contributed by atoms with Crippen LogP contribution in [0.15, 0.2) is 34.9 Å². The second kappa shape index (κ2) is 12.7. The van der Waals surface area contributed by atoms with Gasteiger partial charge in [-0.2, -0.15) is 5.10 Å². The molecule has 7 heteroatoms. The van der Waals surface area contributed by atoms with E-state index in [-0.39, 0.29) is 11.8 Å². The number of carbonyl (C=O) groups is 2. The summed E-state index contributed by atoms with van der Waals surface area (Å²) >= 11 is 0. The van der Waals surface area contributed by atoms with Crippen LogP contribution in [0.3, 0.4) is 0 Å². The van der Waals surface area contributed by atoms with E-state index >= 15 is 0 Å². The number of unbranched alkanes of at least 4 members (excludes halogenated alkanes) is 2. The first-order valence-electron chi connectivity index (χ1n) is 10.5. The van der Waals surface area contributed by atoms with Crippen LogP contribution in [0.5, 0.6) is 11.5 Å². The molecule has 1 aromatic carbocycles. The van der Waals surface area contributed by atoms with E-state index in [1.54, 1.807) is 25.3 Å². The molecule has 30 heavy (non-hydrogen) atoms. The number of methoxy groups -OCH3 is 2. The maximum absolute atomic E-state index is 12.2. The van der Waals surface area contributed by atoms with Crippen molar-refractivity contribution in [2.24, 2.45) is 11.0 Å². The molecule has 0 spiro atoms. The summed E-state index contributed by atoms with van der Waals surface area (Å²) < 4.78 is 10.4. The molecule has 0 saturated carbocycles. The highest BCUT2D eigenvalue weighted by molar-refractivity contribution is 5.94. The SMILES string of the molecule is COc1ccc(C(=O)NCCCCCC(=O)N/N=C\[C@@H]2CC=C(C)CC2)cc1OC. The van der Waals surface area contributed by atoms with Gasteiger partial charge >= 0.3 is 0 Å². The van der Waals surface area contributed by atoms with Crippen LogP contribution in [0.25, 0.3) is 0 Å². The maximum atomic E-state index is 12.2. The molecular formula is C23H33N3O4. The summed E-state index contributed by atoms with van der Waals surface area (Å²) in [5.41, 5.74) is 4.57. The van der Waals surface area contributed by atoms with Crippen molar-refractivity contribution in [3.8, 4) is 11.5 Å². The van der Waals surface area contributed by atoms with Gasteiger partial charge in [0, 0.05) is 24.7 Å². The number of amides is 2. The van der Waals surface area contributed by atoms with E-state index in [9.17, 15) is 9.59 Å². The first-order chi connectivity index (χ1) is 14.5. The summed E-state index contributed by atoms with van der Waals surface area (Å²) in [4.78, 5) is 24.1. The normalized spacial score (nSPS) is 16.1. The molecule has 2 rings (SSSR count). The number of rotatable bonds is 11. The number of ether oxygens (including phenoxy) is 2. The monoisotopic (exact) mass is 415 g/mol. The molecule has 0 heterocycles. The molecule has 7 nitrogen and oxygen atoms in total. The molecule has 1 atom stereocenters. The Labute approximate surface area is 178 Å². The third kappa shape index (κ3) is 7.89. The molecule has 1 aliphatic carbocycles. The Morgan fingerprint density at radius 3 is 2.67 bits per heavy atom. The fraction of sp³-hybridized carbons (Fsp3) is 0.522. The molecule has 0 unspecified atom stereocenters. The average molecular weight is 416 g/mol. The molecule has 164 valence electrons. The third-order valence-corrected chi connectivity index (χ3v) is 5.17. The van der Waals surface area contributed by atoms with Gasteiger partial charge in [-0.3, -0.25) is 9.59 Å². The van der Waals surface area contributed by atoms with Gasteiger partial charge in [-0.15, -0.1) is 0 Å². The van der Waals surface area contributed by atoms with E-state index in [0.717, 1.165) is 38.5 Å². The van der Waals surface area contributed by atoms with Gasteiger partial charge in [0.05, 0.1) is 14.2 Å². The zero-order chi connectivity index (χ0) is 21.8. The van der Waals surface area contributed by atoms with E-state index in [1.165, 1.54) is 12.7 Å². The van der Waals surface area contributed by atoms with E-state index in [2.05, 4.69) is 28.8 Å². The molecule has 0 aromatic heterocycles. The van der Waals surface area contributed by atoms with E-state index in [1.807, 2.05) is 6.21 Å². The van der Waals surface area contributed by atoms with Crippen LogP contribution in [0.1, 0.15) is 62.2 Å². The van der Waals surface area contributed by atoms with Gasteiger partial charge in [-0.25, -0.2) is 5.43 Å². The van der Waals surface area contributed by atoms with Gasteiger partial charge in [0.25, 0.3) is 5.91 Å². The maximum Gasteiger partial charge on any atom is 0.251 e. The fourth-order valence-corrected chi connectivity index (χ4v) is 3.26. The highest BCUT2D eigenvalue weighted by atomic mass is 16.5. The van der Waals surface area contributed by atoms with Crippen LogP contribution in [0.2, 0.25) is 0 Å². The number of allylic oxidation sites excluding steroid dienone is 2. The molecule has 0 aliphatic heterocycles. The predicted octanol–water partition coefficient (Wildman–Crippen LogP) is 3.84. The largest absolute Gasteiger partial charge is 0.493 e. The topological polar surface area (TPSA) is 89.0 Å². The predicted molar refractivity (Wildman–Crippen MR) is 118 cm³/mol. The number of nitrogens with one attached hydrogen (secondary N) is 2. The van der Waals surface area contributed by atoms with E-state index in [4.69, 9.17) is 9.47 Å². The summed E-state index contributed by atoms with van der Waals surface area (Å²) in [6.45, 7) is 2.71. The Bertz CT molecular complexity index is 774. The molecule has 1 aromatic rings. The van der Waals surface area contributed by atoms with Crippen LogP contribution >= 0.6 is 0 Å². The second-order valence-corrected chi connectivity index (χ2v) is 7.53. The Kier molecular flexibility index (Phi) is 9.91. The average Bonchev–Trinajstić information content (AvgIpc) is 2.76. The lowest BCUT2D eigenvalue weighted by atomic mass is 9.91. The summed E-state index contributed by atoms with van der Waals surface area (Å²) in [5.74, 6) is 1.30. The Hall–Kier alpha value is -2.83. The quantitative estimate of drug-likeness (QED) is 0.249. The highest BCUT2D eigenvalue weighted by Crippen LogP contribution is 2.27. The zero-order valence-electron chi connectivity index (χ0n) is 18.2. The van der Waals surface area contributed by atoms with Crippen molar-refractivity contribution >= 4 is 18.0 Å². The van der Waals surface area contributed by atoms with E-state index < -0.39 is 0 Å². The standard InChI is InChI=1S/C23H33N3O4/c1-17-8-10-18(11-9-17)16-25-26-22(27)7-5-4-6-14-24-23(28)19-12-13-20(29-2)21(15-19)30-3/h8,12-13,15-16,18H,4-7,9-11,14H2,1-3H3,(H,24,28)(H,26,27)/b25-16-/t18-/m1/s1. The number of carbonyl (C=O) groups excluding carboxylic acids is 2. The van der Waals surface area contributed by atoms with Crippen LogP contribution in [-0.2, 0) is 4.79 Å². The van der Waals surface area contributed by atoms with Crippen molar-refractivity contribution in [1.29, 1.82) is 0 Å². The molecule has 2 N–H and O–H groups in total. The Balaban J connectivity index is 1.57. The highest BCUT2D eigenvalue weighted by Gasteiger charge is 2.11. The van der Waals surface area contributed by atoms with Crippen LogP contribution in [-0.4, -0.2) is 38.8 Å². The number of hydrogen-bond donors (Lipinski definition) is 2. The van der Waals surface area contributed by atoms with Gasteiger partial charge in [0.2, 0.25) is 5.91 Å². The van der Waals surface area contributed by atoms with Gasteiger partial charge < -0.3 is 14.8 Å². The Morgan fingerprint density at radius 1 is 1.17 bits per heavy atom. The van der Waals surface area contributed by atoms with Gasteiger partial charge in [0.15, 0.2) is 11.5 Å². The minimum Gasteiger partial charge on any atom is -0.493 e. The zero-order valence-corrected chi connectivity index (χ0v) is 18.2. The number of hydrogen-bond acceptors (Lipinski definition) is 5. The van der Waals surface area contributed by atoms with Crippen molar-refractivity contribution < 1.29 is 19.1 Å². The van der Waals surface area contributed by atoms with Crippen LogP contribution in [0, 0.1) is 5.92 Å². The van der Waals surface area contributed by atoms with Crippen molar-refractivity contribution in [3.05, 3.63) is 35.4 Å². The first-order valence-corrected chi connectivity index (χ1v) is 10.5. The third-order valence-electron chi connectivity index (χ3n) is 5.17. The van der Waals surface area contributed by atoms with Crippen LogP contribution in [0.4, 0.5) is 0 Å². The Morgan fingerprint density at radius 2 is 1.97 bits per heavy atom. The summed E-state index contributed by atoms with van der Waals surface area (Å²) in [7, 11) is 3.09. The van der Waals surface area contributed by atoms with Crippen molar-refractivity contribution in [3.63, 3.8) is 0 Å². The number of benzene rings is 1. The molecule has 2 amide bonds. The number of hydrazone groups is 1. The van der Waals surface area contributed by atoms with Gasteiger partial charge in [0.1, 0.15) is 0 Å². The molecule has 0 saturated heterocycles. The lowest BCUT2D eigenvalue weighted by Gasteiger charge is -2.15. The van der Waals surface area contributed by atoms with Crippen molar-refractivity contribution in [1.82, 2.24) is 10.7 Å². The molecule has 0 fully saturated rings. The molecule has 0 radical (unpaired) electrons. The lowest BCUT2D eigenvalue weighted by Crippen LogP contribution is -2.24. The summed E-state index contributed by atoms with van der Waals surface area (Å²) in [6.07, 6.45) is 10.2. The second-order valence-electron chi connectivity index (χ2n) is 7.53. The van der Waals surface area contributed by atoms with Gasteiger partial charge in [-0.05, 0) is 63.1 Å². The minimum absolute atomic E-state index is 0.0665. The van der Waals surface area contributed by atoms with Gasteiger partial charge in [-0.1, -0.05) is 18.1 Å². The molecule has 1 aliphatic rings. The van der Waals surface area contributed by atoms with Crippen molar-refractivity contribution in [2.45, 2.75) is 51.9 Å². The lowest BCUT2D eigenvalue weighted by molar-refractivity contribution is -0.121. The number of nitrogens with zero attached hydrogens (tertiary/aromatic N) is 1. The van der Waals surface area contributed by atoms with E-state index in [0.29, 0.717) is 35.9 Å². The van der Waals surface area contributed by atoms with Crippen molar-refractivity contribution in [2.75, 3.05) is 20.8 Å². The smallest absolute Gasteiger partial charge is 0.251 e. The fourth-order valence-electron chi connectivity index (χ4n) is 3.26. The minimum atomic E-state index is -0.157. The molecule has 0 bridgehead atoms. The summed E-state index contributed by atoms with van der Waals surface area (Å²) in [6, 6.07) is 5.07. The summed E-state index contributed by atoms with van der Waals surface area (Å²) in [5, 5.41) is 6.97. The van der Waals surface area contributed by atoms with Crippen LogP contribution < -0.4 is 20.2 Å². The molecular weight excluding hydrogens is 382 g/mol. The first kappa shape index (κ1) is 23.4.